The maximum atomic E-state index is 11.5. The molecule has 0 aliphatic carbocycles. The van der Waals surface area contributed by atoms with Gasteiger partial charge in [-0.05, 0) is 27.2 Å². The van der Waals surface area contributed by atoms with Crippen LogP contribution >= 0.6 is 0 Å². The molecule has 0 radical (unpaired) electrons. The third kappa shape index (κ3) is 3.53. The Hall–Kier alpha value is -0.900. The number of ketones is 1. The molecular formula is C13H23NO3. The van der Waals surface area contributed by atoms with Crippen LogP contribution in [0.15, 0.2) is 0 Å². The lowest BCUT2D eigenvalue weighted by atomic mass is 10.1. The van der Waals surface area contributed by atoms with E-state index in [-0.39, 0.29) is 29.4 Å². The number of hydrogen-bond acceptors (Lipinski definition) is 3. The Labute approximate surface area is 103 Å². The fourth-order valence-corrected chi connectivity index (χ4v) is 2.15. The highest BCUT2D eigenvalue weighted by Crippen LogP contribution is 2.26. The van der Waals surface area contributed by atoms with Crippen molar-refractivity contribution < 1.29 is 14.3 Å². The summed E-state index contributed by atoms with van der Waals surface area (Å²) < 4.78 is 5.96. The smallest absolute Gasteiger partial charge is 0.220 e. The van der Waals surface area contributed by atoms with Gasteiger partial charge < -0.3 is 9.64 Å². The van der Waals surface area contributed by atoms with E-state index in [0.717, 1.165) is 6.42 Å². The highest BCUT2D eigenvalue weighted by atomic mass is 16.5. The van der Waals surface area contributed by atoms with Gasteiger partial charge in [0.15, 0.2) is 5.78 Å². The number of hydrogen-bond donors (Lipinski definition) is 0. The van der Waals surface area contributed by atoms with Gasteiger partial charge in [-0.3, -0.25) is 9.59 Å². The number of nitrogens with zero attached hydrogens (tertiary/aromatic N) is 1. The molecule has 1 aliphatic rings. The van der Waals surface area contributed by atoms with Crippen LogP contribution in [-0.4, -0.2) is 40.9 Å². The Morgan fingerprint density at radius 3 is 2.29 bits per heavy atom. The molecule has 98 valence electrons. The molecule has 17 heavy (non-hydrogen) atoms. The van der Waals surface area contributed by atoms with Crippen molar-refractivity contribution in [1.29, 1.82) is 0 Å². The Morgan fingerprint density at radius 2 is 1.94 bits per heavy atom. The molecule has 1 saturated heterocycles. The largest absolute Gasteiger partial charge is 0.370 e. The summed E-state index contributed by atoms with van der Waals surface area (Å²) >= 11 is 0. The van der Waals surface area contributed by atoms with Gasteiger partial charge >= 0.3 is 0 Å². The molecule has 0 N–H and O–H groups in total. The van der Waals surface area contributed by atoms with Gasteiger partial charge in [-0.15, -0.1) is 0 Å². The molecule has 0 saturated carbocycles. The van der Waals surface area contributed by atoms with Gasteiger partial charge in [0.1, 0.15) is 0 Å². The van der Waals surface area contributed by atoms with E-state index in [1.807, 2.05) is 13.8 Å². The molecule has 0 unspecified atom stereocenters. The van der Waals surface area contributed by atoms with Crippen LogP contribution in [0.5, 0.6) is 0 Å². The fraction of sp³-hybridized carbons (Fsp3) is 0.846. The van der Waals surface area contributed by atoms with E-state index in [0.29, 0.717) is 13.0 Å². The first-order valence-corrected chi connectivity index (χ1v) is 6.22. The predicted octanol–water partition coefficient (Wildman–Crippen LogP) is 1.77. The average molecular weight is 241 g/mol. The first kappa shape index (κ1) is 14.2. The van der Waals surface area contributed by atoms with Crippen molar-refractivity contribution in [1.82, 2.24) is 4.90 Å². The van der Waals surface area contributed by atoms with Gasteiger partial charge in [0, 0.05) is 19.9 Å². The summed E-state index contributed by atoms with van der Waals surface area (Å²) in [6, 6.07) is -0.301. The van der Waals surface area contributed by atoms with Crippen molar-refractivity contribution in [2.75, 3.05) is 6.54 Å². The molecule has 0 bridgehead atoms. The molecule has 1 amide bonds. The number of carbonyl (C=O) groups is 2. The van der Waals surface area contributed by atoms with Crippen LogP contribution in [0.25, 0.3) is 0 Å². The summed E-state index contributed by atoms with van der Waals surface area (Å²) in [6.45, 7) is 9.71. The Kier molecular flexibility index (Phi) is 4.31. The molecule has 1 heterocycles. The van der Waals surface area contributed by atoms with E-state index in [4.69, 9.17) is 4.74 Å². The van der Waals surface area contributed by atoms with Crippen molar-refractivity contribution in [3.8, 4) is 0 Å². The molecule has 1 aliphatic heterocycles. The van der Waals surface area contributed by atoms with Crippen LogP contribution in [0.1, 0.15) is 47.5 Å². The van der Waals surface area contributed by atoms with Gasteiger partial charge in [0.25, 0.3) is 0 Å². The number of likely N-dealkylation sites (tertiary alicyclic amines) is 1. The van der Waals surface area contributed by atoms with Gasteiger partial charge in [-0.1, -0.05) is 6.92 Å². The number of ether oxygens (including phenoxy) is 1. The number of carbonyl (C=O) groups excluding carboxylic acids is 2. The first-order chi connectivity index (χ1) is 7.76. The molecule has 0 aromatic carbocycles. The van der Waals surface area contributed by atoms with Gasteiger partial charge in [0.05, 0.1) is 17.7 Å². The molecule has 0 spiro atoms. The predicted molar refractivity (Wildman–Crippen MR) is 65.7 cm³/mol. The lowest BCUT2D eigenvalue weighted by Gasteiger charge is -2.27. The van der Waals surface area contributed by atoms with Gasteiger partial charge in [-0.25, -0.2) is 0 Å². The zero-order valence-corrected chi connectivity index (χ0v) is 11.4. The molecule has 4 nitrogen and oxygen atoms in total. The third-order valence-electron chi connectivity index (χ3n) is 3.47. The van der Waals surface area contributed by atoms with Crippen LogP contribution in [-0.2, 0) is 14.3 Å². The summed E-state index contributed by atoms with van der Waals surface area (Å²) in [5.74, 6) is -0.00814. The van der Waals surface area contributed by atoms with Crippen LogP contribution in [0.2, 0.25) is 0 Å². The quantitative estimate of drug-likeness (QED) is 0.753. The second-order valence-electron chi connectivity index (χ2n) is 5.39. The fourth-order valence-electron chi connectivity index (χ4n) is 2.15. The topological polar surface area (TPSA) is 46.6 Å². The molecule has 4 heteroatoms. The first-order valence-electron chi connectivity index (χ1n) is 6.22. The summed E-state index contributed by atoms with van der Waals surface area (Å²) in [7, 11) is 0. The minimum absolute atomic E-state index is 0.0252. The van der Waals surface area contributed by atoms with Gasteiger partial charge in [0.2, 0.25) is 5.91 Å². The number of Topliss-reactive ketones (excluding diaryl/α,β-unsaturated/α-hetero) is 1. The van der Waals surface area contributed by atoms with Crippen LogP contribution < -0.4 is 0 Å². The molecule has 2 atom stereocenters. The highest BCUT2D eigenvalue weighted by Gasteiger charge is 2.38. The minimum Gasteiger partial charge on any atom is -0.370 e. The standard InChI is InChI=1S/C13H23NO3/c1-6-13(4,5)17-11-7-12(9(2)15)14(8-11)10(3)16/h11-12H,6-8H2,1-5H3/t11-,12+/m1/s1. The van der Waals surface area contributed by atoms with Gasteiger partial charge in [-0.2, -0.15) is 0 Å². The lowest BCUT2D eigenvalue weighted by molar-refractivity contribution is -0.135. The Morgan fingerprint density at radius 1 is 1.35 bits per heavy atom. The van der Waals surface area contributed by atoms with Crippen LogP contribution in [0, 0.1) is 0 Å². The average Bonchev–Trinajstić information content (AvgIpc) is 2.61. The van der Waals surface area contributed by atoms with Crippen molar-refractivity contribution in [2.45, 2.75) is 65.2 Å². The van der Waals surface area contributed by atoms with E-state index in [1.165, 1.54) is 13.8 Å². The van der Waals surface area contributed by atoms with Crippen molar-refractivity contribution >= 4 is 11.7 Å². The maximum absolute atomic E-state index is 11.5. The summed E-state index contributed by atoms with van der Waals surface area (Å²) in [6.07, 6.45) is 1.51. The van der Waals surface area contributed by atoms with Crippen LogP contribution in [0.4, 0.5) is 0 Å². The van der Waals surface area contributed by atoms with E-state index < -0.39 is 0 Å². The highest BCUT2D eigenvalue weighted by molar-refractivity contribution is 5.87. The summed E-state index contributed by atoms with van der Waals surface area (Å²) in [4.78, 5) is 24.6. The molecular weight excluding hydrogens is 218 g/mol. The van der Waals surface area contributed by atoms with Crippen molar-refractivity contribution in [2.24, 2.45) is 0 Å². The van der Waals surface area contributed by atoms with Crippen molar-refractivity contribution in [3.05, 3.63) is 0 Å². The number of rotatable bonds is 4. The van der Waals surface area contributed by atoms with E-state index in [9.17, 15) is 9.59 Å². The van der Waals surface area contributed by atoms with E-state index in [1.54, 1.807) is 4.90 Å². The Bertz CT molecular complexity index is 290. The zero-order valence-electron chi connectivity index (χ0n) is 11.4. The molecule has 1 rings (SSSR count). The molecule has 1 fully saturated rings. The van der Waals surface area contributed by atoms with Crippen molar-refractivity contribution in [3.63, 3.8) is 0 Å². The minimum atomic E-state index is -0.301. The van der Waals surface area contributed by atoms with Crippen LogP contribution in [0.3, 0.4) is 0 Å². The zero-order chi connectivity index (χ0) is 13.2. The summed E-state index contributed by atoms with van der Waals surface area (Å²) in [5, 5.41) is 0. The van der Waals surface area contributed by atoms with E-state index >= 15 is 0 Å². The lowest BCUT2D eigenvalue weighted by Crippen LogP contribution is -2.38. The molecule has 0 aromatic heterocycles. The molecule has 0 aromatic rings. The second-order valence-corrected chi connectivity index (χ2v) is 5.39. The normalized spacial score (nSPS) is 25.1. The third-order valence-corrected chi connectivity index (χ3v) is 3.47. The monoisotopic (exact) mass is 241 g/mol. The number of amides is 1. The maximum Gasteiger partial charge on any atom is 0.220 e. The van der Waals surface area contributed by atoms with E-state index in [2.05, 4.69) is 6.92 Å². The Balaban J connectivity index is 2.69. The SMILES string of the molecule is CCC(C)(C)O[C@@H]1C[C@@H](C(C)=O)N(C(C)=O)C1. The second kappa shape index (κ2) is 5.17. The summed E-state index contributed by atoms with van der Waals surface area (Å²) in [5.41, 5.74) is -0.196.